The summed E-state index contributed by atoms with van der Waals surface area (Å²) in [6.07, 6.45) is 1.46. The van der Waals surface area contributed by atoms with E-state index in [2.05, 4.69) is 16.8 Å². The second kappa shape index (κ2) is 4.96. The minimum atomic E-state index is -0.905. The molecule has 4 nitrogen and oxygen atoms in total. The van der Waals surface area contributed by atoms with Gasteiger partial charge in [-0.15, -0.1) is 0 Å². The monoisotopic (exact) mass is 252 g/mol. The Morgan fingerprint density at radius 2 is 2.41 bits per heavy atom. The van der Waals surface area contributed by atoms with Gasteiger partial charge in [0.25, 0.3) is 0 Å². The normalized spacial score (nSPS) is 20.4. The van der Waals surface area contributed by atoms with Crippen molar-refractivity contribution in [1.29, 1.82) is 0 Å². The third kappa shape index (κ3) is 2.54. The zero-order valence-corrected chi connectivity index (χ0v) is 10.8. The summed E-state index contributed by atoms with van der Waals surface area (Å²) in [6, 6.07) is 2.24. The van der Waals surface area contributed by atoms with Crippen molar-refractivity contribution in [2.45, 2.75) is 19.9 Å². The van der Waals surface area contributed by atoms with Gasteiger partial charge in [-0.2, -0.15) is 11.8 Å². The Morgan fingerprint density at radius 1 is 1.65 bits per heavy atom. The number of carboxylic acid groups (broad SMARTS) is 1. The van der Waals surface area contributed by atoms with Gasteiger partial charge in [0.1, 0.15) is 5.56 Å². The number of carbonyl (C=O) groups is 1. The van der Waals surface area contributed by atoms with E-state index < -0.39 is 5.97 Å². The molecule has 1 unspecified atom stereocenters. The van der Waals surface area contributed by atoms with Crippen molar-refractivity contribution in [2.24, 2.45) is 0 Å². The zero-order chi connectivity index (χ0) is 12.4. The molecule has 2 heterocycles. The number of hydrogen-bond donors (Lipinski definition) is 1. The molecule has 1 saturated heterocycles. The maximum Gasteiger partial charge on any atom is 0.339 e. The van der Waals surface area contributed by atoms with Gasteiger partial charge in [-0.3, -0.25) is 4.98 Å². The lowest BCUT2D eigenvalue weighted by atomic mass is 10.1. The van der Waals surface area contributed by atoms with E-state index in [0.29, 0.717) is 11.6 Å². The van der Waals surface area contributed by atoms with Gasteiger partial charge in [-0.05, 0) is 19.9 Å². The molecular formula is C12H16N2O2S. The number of aryl methyl sites for hydroxylation is 1. The molecule has 0 spiro atoms. The number of carboxylic acids is 1. The van der Waals surface area contributed by atoms with Crippen molar-refractivity contribution in [3.63, 3.8) is 0 Å². The van der Waals surface area contributed by atoms with Gasteiger partial charge in [-0.25, -0.2) is 4.79 Å². The number of nitrogens with zero attached hydrogens (tertiary/aromatic N) is 2. The topological polar surface area (TPSA) is 53.4 Å². The number of thioether (sulfide) groups is 1. The van der Waals surface area contributed by atoms with Crippen molar-refractivity contribution in [3.8, 4) is 0 Å². The molecule has 1 N–H and O–H groups in total. The van der Waals surface area contributed by atoms with E-state index in [0.717, 1.165) is 29.4 Å². The molecule has 1 atom stereocenters. The smallest absolute Gasteiger partial charge is 0.339 e. The molecule has 92 valence electrons. The fraction of sp³-hybridized carbons (Fsp3) is 0.500. The van der Waals surface area contributed by atoms with Crippen molar-refractivity contribution in [2.75, 3.05) is 23.0 Å². The quantitative estimate of drug-likeness (QED) is 0.872. The minimum Gasteiger partial charge on any atom is -0.478 e. The van der Waals surface area contributed by atoms with E-state index in [9.17, 15) is 9.90 Å². The number of aromatic nitrogens is 1. The van der Waals surface area contributed by atoms with Crippen LogP contribution in [0.15, 0.2) is 12.3 Å². The van der Waals surface area contributed by atoms with Crippen LogP contribution in [-0.2, 0) is 0 Å². The van der Waals surface area contributed by atoms with Crippen molar-refractivity contribution < 1.29 is 9.90 Å². The van der Waals surface area contributed by atoms with E-state index in [1.807, 2.05) is 24.8 Å². The number of rotatable bonds is 2. The lowest BCUT2D eigenvalue weighted by Gasteiger charge is -2.35. The van der Waals surface area contributed by atoms with E-state index >= 15 is 0 Å². The van der Waals surface area contributed by atoms with Crippen LogP contribution in [0, 0.1) is 6.92 Å². The van der Waals surface area contributed by atoms with Gasteiger partial charge >= 0.3 is 5.97 Å². The maximum atomic E-state index is 11.2. The molecule has 1 aromatic rings. The maximum absolute atomic E-state index is 11.2. The third-order valence-corrected chi connectivity index (χ3v) is 4.12. The van der Waals surface area contributed by atoms with Crippen molar-refractivity contribution >= 4 is 23.4 Å². The molecule has 1 aliphatic rings. The molecule has 2 rings (SSSR count). The van der Waals surface area contributed by atoms with E-state index in [1.54, 1.807) is 0 Å². The third-order valence-electron chi connectivity index (χ3n) is 2.93. The van der Waals surface area contributed by atoms with Crippen LogP contribution in [0.3, 0.4) is 0 Å². The summed E-state index contributed by atoms with van der Waals surface area (Å²) in [7, 11) is 0. The van der Waals surface area contributed by atoms with Crippen LogP contribution in [0.25, 0.3) is 0 Å². The molecule has 5 heteroatoms. The van der Waals surface area contributed by atoms with Crippen LogP contribution in [0.2, 0.25) is 0 Å². The SMILES string of the molecule is Cc1cc(N2CCSCC2C)c(C(=O)O)cn1. The summed E-state index contributed by atoms with van der Waals surface area (Å²) in [5.74, 6) is 1.18. The summed E-state index contributed by atoms with van der Waals surface area (Å²) < 4.78 is 0. The largest absolute Gasteiger partial charge is 0.478 e. The minimum absolute atomic E-state index is 0.300. The Kier molecular flexibility index (Phi) is 3.57. The highest BCUT2D eigenvalue weighted by Gasteiger charge is 2.23. The Bertz CT molecular complexity index is 437. The first-order chi connectivity index (χ1) is 8.09. The lowest BCUT2D eigenvalue weighted by Crippen LogP contribution is -2.41. The summed E-state index contributed by atoms with van der Waals surface area (Å²) in [4.78, 5) is 17.5. The second-order valence-corrected chi connectivity index (χ2v) is 5.42. The van der Waals surface area contributed by atoms with Crippen LogP contribution in [0.5, 0.6) is 0 Å². The Balaban J connectivity index is 2.41. The first-order valence-electron chi connectivity index (χ1n) is 5.64. The summed E-state index contributed by atoms with van der Waals surface area (Å²) in [5.41, 5.74) is 1.96. The highest BCUT2D eigenvalue weighted by Crippen LogP contribution is 2.27. The van der Waals surface area contributed by atoms with Crippen molar-refractivity contribution in [1.82, 2.24) is 4.98 Å². The average Bonchev–Trinajstić information content (AvgIpc) is 2.29. The molecular weight excluding hydrogens is 236 g/mol. The molecule has 0 aromatic carbocycles. The second-order valence-electron chi connectivity index (χ2n) is 4.27. The van der Waals surface area contributed by atoms with Crippen molar-refractivity contribution in [3.05, 3.63) is 23.5 Å². The molecule has 0 radical (unpaired) electrons. The highest BCUT2D eigenvalue weighted by molar-refractivity contribution is 7.99. The lowest BCUT2D eigenvalue weighted by molar-refractivity contribution is 0.0697. The van der Waals surface area contributed by atoms with Gasteiger partial charge in [0.05, 0.1) is 5.69 Å². The van der Waals surface area contributed by atoms with Crippen LogP contribution in [0.1, 0.15) is 23.0 Å². The number of aromatic carboxylic acids is 1. The number of hydrogen-bond acceptors (Lipinski definition) is 4. The van der Waals surface area contributed by atoms with E-state index in [4.69, 9.17) is 0 Å². The molecule has 0 saturated carbocycles. The molecule has 0 aliphatic carbocycles. The average molecular weight is 252 g/mol. The predicted octanol–water partition coefficient (Wildman–Crippen LogP) is 2.03. The Hall–Kier alpha value is -1.23. The van der Waals surface area contributed by atoms with Crippen LogP contribution in [0.4, 0.5) is 5.69 Å². The molecule has 0 amide bonds. The van der Waals surface area contributed by atoms with Crippen LogP contribution >= 0.6 is 11.8 Å². The summed E-state index contributed by atoms with van der Waals surface area (Å²) in [6.45, 7) is 4.92. The van der Waals surface area contributed by atoms with Gasteiger partial charge < -0.3 is 10.0 Å². The number of anilines is 1. The van der Waals surface area contributed by atoms with E-state index in [-0.39, 0.29) is 0 Å². The van der Waals surface area contributed by atoms with Gasteiger partial charge in [-0.1, -0.05) is 0 Å². The fourth-order valence-corrected chi connectivity index (χ4v) is 3.05. The van der Waals surface area contributed by atoms with Gasteiger partial charge in [0, 0.05) is 36.0 Å². The van der Waals surface area contributed by atoms with Crippen LogP contribution in [-0.4, -0.2) is 40.2 Å². The van der Waals surface area contributed by atoms with E-state index in [1.165, 1.54) is 6.20 Å². The van der Waals surface area contributed by atoms with Gasteiger partial charge in [0.15, 0.2) is 0 Å². The molecule has 1 aromatic heterocycles. The molecule has 0 bridgehead atoms. The number of pyridine rings is 1. The summed E-state index contributed by atoms with van der Waals surface area (Å²) >= 11 is 1.92. The predicted molar refractivity (Wildman–Crippen MR) is 70.1 cm³/mol. The summed E-state index contributed by atoms with van der Waals surface area (Å²) in [5, 5.41) is 9.20. The molecule has 1 fully saturated rings. The first kappa shape index (κ1) is 12.2. The molecule has 1 aliphatic heterocycles. The van der Waals surface area contributed by atoms with Crippen LogP contribution < -0.4 is 4.90 Å². The molecule has 17 heavy (non-hydrogen) atoms. The Labute approximate surface area is 105 Å². The standard InChI is InChI=1S/C12H16N2O2S/c1-8-5-11(10(6-13-8)12(15)16)14-3-4-17-7-9(14)2/h5-6,9H,3-4,7H2,1-2H3,(H,15,16). The Morgan fingerprint density at radius 3 is 3.06 bits per heavy atom. The highest BCUT2D eigenvalue weighted by atomic mass is 32.2. The van der Waals surface area contributed by atoms with Gasteiger partial charge in [0.2, 0.25) is 0 Å². The fourth-order valence-electron chi connectivity index (χ4n) is 2.03. The zero-order valence-electron chi connectivity index (χ0n) is 10.0. The first-order valence-corrected chi connectivity index (χ1v) is 6.79.